The van der Waals surface area contributed by atoms with E-state index in [0.29, 0.717) is 10.9 Å². The summed E-state index contributed by atoms with van der Waals surface area (Å²) in [6.07, 6.45) is 7.68. The van der Waals surface area contributed by atoms with Gasteiger partial charge in [-0.2, -0.15) is 0 Å². The lowest BCUT2D eigenvalue weighted by Crippen LogP contribution is -2.32. The number of anilines is 1. The zero-order chi connectivity index (χ0) is 10.7. The lowest BCUT2D eigenvalue weighted by atomic mass is 10.2. The molecule has 0 amide bonds. The Labute approximate surface area is 92.7 Å². The van der Waals surface area contributed by atoms with Crippen LogP contribution in [0.3, 0.4) is 0 Å². The largest absolute Gasteiger partial charge is 0.318 e. The van der Waals surface area contributed by atoms with E-state index in [-0.39, 0.29) is 6.04 Å². The normalized spacial score (nSPS) is 19.9. The number of pyridine rings is 1. The number of carbonyl (C=O) groups is 1. The third kappa shape index (κ3) is 2.07. The van der Waals surface area contributed by atoms with E-state index in [0.717, 1.165) is 6.29 Å². The van der Waals surface area contributed by atoms with Gasteiger partial charge in [-0.3, -0.25) is 0 Å². The minimum Gasteiger partial charge on any atom is -0.318 e. The monoisotopic (exact) mass is 220 g/mol. The summed E-state index contributed by atoms with van der Waals surface area (Å²) >= 11 is 5.87. The third-order valence-electron chi connectivity index (χ3n) is 2.09. The number of halogens is 1. The molecule has 1 aliphatic heterocycles. The number of rotatable bonds is 2. The molecule has 1 atom stereocenters. The Hall–Kier alpha value is -1.61. The summed E-state index contributed by atoms with van der Waals surface area (Å²) in [5, 5.41) is 0.582. The van der Waals surface area contributed by atoms with Crippen LogP contribution < -0.4 is 4.90 Å². The summed E-state index contributed by atoms with van der Waals surface area (Å²) in [5.41, 5.74) is 0. The predicted molar refractivity (Wildman–Crippen MR) is 59.6 cm³/mol. The molecule has 0 fully saturated rings. The van der Waals surface area contributed by atoms with Crippen LogP contribution in [0.1, 0.15) is 0 Å². The minimum atomic E-state index is -0.331. The smallest absolute Gasteiger partial charge is 0.146 e. The van der Waals surface area contributed by atoms with Crippen molar-refractivity contribution < 1.29 is 4.79 Å². The van der Waals surface area contributed by atoms with E-state index < -0.39 is 0 Å². The van der Waals surface area contributed by atoms with Gasteiger partial charge in [0.25, 0.3) is 0 Å². The Morgan fingerprint density at radius 3 is 3.00 bits per heavy atom. The van der Waals surface area contributed by atoms with E-state index in [1.165, 1.54) is 0 Å². The first-order chi connectivity index (χ1) is 7.31. The van der Waals surface area contributed by atoms with E-state index in [4.69, 9.17) is 11.6 Å². The first kappa shape index (κ1) is 9.93. The van der Waals surface area contributed by atoms with Gasteiger partial charge in [0.15, 0.2) is 0 Å². The molecule has 0 spiro atoms. The van der Waals surface area contributed by atoms with Crippen molar-refractivity contribution in [2.75, 3.05) is 4.90 Å². The summed E-state index contributed by atoms with van der Waals surface area (Å²) in [6.45, 7) is 0. The average Bonchev–Trinajstić information content (AvgIpc) is 2.30. The standard InChI is InChI=1S/C11H9ClN2O/c12-9-4-5-10(8-15)14(7-9)11-3-1-2-6-13-11/h1-8,10H. The topological polar surface area (TPSA) is 33.2 Å². The Morgan fingerprint density at radius 2 is 2.33 bits per heavy atom. The zero-order valence-electron chi connectivity index (χ0n) is 7.88. The number of allylic oxidation sites excluding steroid dienone is 2. The van der Waals surface area contributed by atoms with Crippen molar-refractivity contribution in [2.24, 2.45) is 0 Å². The Morgan fingerprint density at radius 1 is 1.47 bits per heavy atom. The quantitative estimate of drug-likeness (QED) is 0.716. The molecule has 3 nitrogen and oxygen atoms in total. The minimum absolute atomic E-state index is 0.331. The molecule has 0 aliphatic carbocycles. The van der Waals surface area contributed by atoms with Gasteiger partial charge in [-0.05, 0) is 18.2 Å². The maximum Gasteiger partial charge on any atom is 0.146 e. The molecule has 15 heavy (non-hydrogen) atoms. The predicted octanol–water partition coefficient (Wildman–Crippen LogP) is 2.11. The molecule has 1 unspecified atom stereocenters. The SMILES string of the molecule is O=CC1C=CC(Cl)=CN1c1ccccn1. The van der Waals surface area contributed by atoms with Crippen LogP contribution in [0.25, 0.3) is 0 Å². The fourth-order valence-electron chi connectivity index (χ4n) is 1.38. The first-order valence-corrected chi connectivity index (χ1v) is 4.89. The van der Waals surface area contributed by atoms with E-state index in [9.17, 15) is 4.79 Å². The van der Waals surface area contributed by atoms with Gasteiger partial charge in [-0.15, -0.1) is 0 Å². The van der Waals surface area contributed by atoms with Crippen molar-refractivity contribution >= 4 is 23.7 Å². The van der Waals surface area contributed by atoms with Gasteiger partial charge in [-0.1, -0.05) is 23.7 Å². The molecular weight excluding hydrogens is 212 g/mol. The maximum absolute atomic E-state index is 10.9. The Balaban J connectivity index is 2.35. The molecule has 2 rings (SSSR count). The summed E-state index contributed by atoms with van der Waals surface area (Å²) in [6, 6.07) is 5.19. The van der Waals surface area contributed by atoms with E-state index in [1.807, 2.05) is 18.2 Å². The van der Waals surface area contributed by atoms with Gasteiger partial charge in [-0.25, -0.2) is 4.98 Å². The Kier molecular flexibility index (Phi) is 2.83. The molecule has 0 radical (unpaired) electrons. The Bertz CT molecular complexity index is 414. The highest BCUT2D eigenvalue weighted by Gasteiger charge is 2.17. The van der Waals surface area contributed by atoms with E-state index >= 15 is 0 Å². The highest BCUT2D eigenvalue weighted by atomic mass is 35.5. The molecule has 0 saturated carbocycles. The fraction of sp³-hybridized carbons (Fsp3) is 0.0909. The van der Waals surface area contributed by atoms with Crippen LogP contribution in [-0.4, -0.2) is 17.3 Å². The van der Waals surface area contributed by atoms with Crippen molar-refractivity contribution in [2.45, 2.75) is 6.04 Å². The number of aromatic nitrogens is 1. The molecule has 0 aromatic carbocycles. The molecule has 0 saturated heterocycles. The summed E-state index contributed by atoms with van der Waals surface area (Å²) in [7, 11) is 0. The van der Waals surface area contributed by atoms with Crippen molar-refractivity contribution in [3.8, 4) is 0 Å². The summed E-state index contributed by atoms with van der Waals surface area (Å²) in [4.78, 5) is 16.8. The maximum atomic E-state index is 10.9. The van der Waals surface area contributed by atoms with Crippen LogP contribution in [0, 0.1) is 0 Å². The highest BCUT2D eigenvalue weighted by molar-refractivity contribution is 6.31. The molecule has 0 N–H and O–H groups in total. The highest BCUT2D eigenvalue weighted by Crippen LogP contribution is 2.21. The van der Waals surface area contributed by atoms with Crippen LogP contribution in [0.15, 0.2) is 47.8 Å². The van der Waals surface area contributed by atoms with Gasteiger partial charge in [0.1, 0.15) is 18.1 Å². The molecule has 4 heteroatoms. The fourth-order valence-corrected chi connectivity index (χ4v) is 1.56. The zero-order valence-corrected chi connectivity index (χ0v) is 8.63. The van der Waals surface area contributed by atoms with E-state index in [1.54, 1.807) is 29.4 Å². The molecule has 1 aliphatic rings. The number of nitrogens with zero attached hydrogens (tertiary/aromatic N) is 2. The van der Waals surface area contributed by atoms with Gasteiger partial charge >= 0.3 is 0 Å². The molecule has 2 heterocycles. The number of carbonyl (C=O) groups excluding carboxylic acids is 1. The van der Waals surface area contributed by atoms with Crippen molar-refractivity contribution in [3.05, 3.63) is 47.8 Å². The second-order valence-electron chi connectivity index (χ2n) is 3.09. The molecule has 76 valence electrons. The van der Waals surface area contributed by atoms with Crippen molar-refractivity contribution in [3.63, 3.8) is 0 Å². The second kappa shape index (κ2) is 4.28. The number of hydrogen-bond donors (Lipinski definition) is 0. The van der Waals surface area contributed by atoms with Crippen molar-refractivity contribution in [1.29, 1.82) is 0 Å². The average molecular weight is 221 g/mol. The summed E-state index contributed by atoms with van der Waals surface area (Å²) < 4.78 is 0. The van der Waals surface area contributed by atoms with Crippen LogP contribution in [0.5, 0.6) is 0 Å². The lowest BCUT2D eigenvalue weighted by Gasteiger charge is -2.26. The van der Waals surface area contributed by atoms with E-state index in [2.05, 4.69) is 4.98 Å². The third-order valence-corrected chi connectivity index (χ3v) is 2.31. The van der Waals surface area contributed by atoms with Gasteiger partial charge in [0.05, 0.1) is 5.03 Å². The lowest BCUT2D eigenvalue weighted by molar-refractivity contribution is -0.108. The molecule has 0 bridgehead atoms. The second-order valence-corrected chi connectivity index (χ2v) is 3.53. The van der Waals surface area contributed by atoms with Crippen LogP contribution >= 0.6 is 11.6 Å². The summed E-state index contributed by atoms with van der Waals surface area (Å²) in [5.74, 6) is 0.706. The van der Waals surface area contributed by atoms with Crippen LogP contribution in [-0.2, 0) is 4.79 Å². The van der Waals surface area contributed by atoms with Gasteiger partial charge in [0.2, 0.25) is 0 Å². The molecule has 1 aromatic heterocycles. The van der Waals surface area contributed by atoms with Crippen LogP contribution in [0.4, 0.5) is 5.82 Å². The van der Waals surface area contributed by atoms with Crippen molar-refractivity contribution in [1.82, 2.24) is 4.98 Å². The van der Waals surface area contributed by atoms with Gasteiger partial charge < -0.3 is 9.69 Å². The molecule has 1 aromatic rings. The van der Waals surface area contributed by atoms with Crippen LogP contribution in [0.2, 0.25) is 0 Å². The number of aldehydes is 1. The first-order valence-electron chi connectivity index (χ1n) is 4.51. The number of hydrogen-bond acceptors (Lipinski definition) is 3. The molecular formula is C11H9ClN2O. The van der Waals surface area contributed by atoms with Gasteiger partial charge in [0, 0.05) is 12.4 Å².